The maximum Gasteiger partial charge on any atom is 0.331 e. The van der Waals surface area contributed by atoms with Crippen LogP contribution in [0.3, 0.4) is 0 Å². The third-order valence-electron chi connectivity index (χ3n) is 1.38. The number of nitrogens with one attached hydrogen (secondary N) is 1. The van der Waals surface area contributed by atoms with Gasteiger partial charge >= 0.3 is 5.97 Å². The van der Waals surface area contributed by atoms with Crippen LogP contribution >= 0.6 is 0 Å². The van der Waals surface area contributed by atoms with Crippen LogP contribution in [0.15, 0.2) is 12.7 Å². The van der Waals surface area contributed by atoms with E-state index in [1.165, 1.54) is 0 Å². The molecule has 0 heterocycles. The summed E-state index contributed by atoms with van der Waals surface area (Å²) >= 11 is 0. The molecule has 0 radical (unpaired) electrons. The second kappa shape index (κ2) is 5.02. The summed E-state index contributed by atoms with van der Waals surface area (Å²) in [5, 5.41) is 3.10. The van der Waals surface area contributed by atoms with Crippen LogP contribution in [0.2, 0.25) is 0 Å². The second-order valence-corrected chi connectivity index (χ2v) is 4.22. The first kappa shape index (κ1) is 12.2. The Morgan fingerprint density at radius 2 is 2.15 bits per heavy atom. The standard InChI is InChI=1S/C10H19NO2/c1-6-9(12)13-8(2)11-7-10(3,4)5/h6,8,11H,1,7H2,2-5H3. The molecule has 0 aromatic heterocycles. The van der Waals surface area contributed by atoms with Gasteiger partial charge < -0.3 is 4.74 Å². The molecule has 0 saturated heterocycles. The Labute approximate surface area is 80.2 Å². The van der Waals surface area contributed by atoms with E-state index in [9.17, 15) is 4.79 Å². The highest BCUT2D eigenvalue weighted by atomic mass is 16.6. The molecule has 0 rings (SSSR count). The smallest absolute Gasteiger partial charge is 0.331 e. The van der Waals surface area contributed by atoms with Crippen molar-refractivity contribution in [3.63, 3.8) is 0 Å². The lowest BCUT2D eigenvalue weighted by atomic mass is 9.97. The minimum Gasteiger partial charge on any atom is -0.444 e. The average molecular weight is 185 g/mol. The van der Waals surface area contributed by atoms with E-state index in [0.29, 0.717) is 0 Å². The minimum absolute atomic E-state index is 0.189. The lowest BCUT2D eigenvalue weighted by Crippen LogP contribution is -2.36. The van der Waals surface area contributed by atoms with Gasteiger partial charge in [0.2, 0.25) is 0 Å². The molecule has 0 aliphatic carbocycles. The van der Waals surface area contributed by atoms with Gasteiger partial charge in [-0.3, -0.25) is 5.32 Å². The molecular weight excluding hydrogens is 166 g/mol. The highest BCUT2D eigenvalue weighted by Gasteiger charge is 2.12. The fraction of sp³-hybridized carbons (Fsp3) is 0.700. The molecule has 0 spiro atoms. The zero-order valence-corrected chi connectivity index (χ0v) is 8.89. The highest BCUT2D eigenvalue weighted by molar-refractivity contribution is 5.81. The molecule has 0 aromatic carbocycles. The quantitative estimate of drug-likeness (QED) is 0.411. The summed E-state index contributed by atoms with van der Waals surface area (Å²) in [6, 6.07) is 0. The van der Waals surface area contributed by atoms with E-state index in [2.05, 4.69) is 32.7 Å². The topological polar surface area (TPSA) is 38.3 Å². The van der Waals surface area contributed by atoms with Crippen LogP contribution in [0.4, 0.5) is 0 Å². The Bertz CT molecular complexity index is 182. The zero-order chi connectivity index (χ0) is 10.5. The van der Waals surface area contributed by atoms with Crippen molar-refractivity contribution in [3.8, 4) is 0 Å². The molecule has 0 bridgehead atoms. The lowest BCUT2D eigenvalue weighted by molar-refractivity contribution is -0.143. The Balaban J connectivity index is 3.69. The Morgan fingerprint density at radius 3 is 2.54 bits per heavy atom. The van der Waals surface area contributed by atoms with E-state index in [4.69, 9.17) is 4.74 Å². The van der Waals surface area contributed by atoms with Crippen LogP contribution in [-0.4, -0.2) is 18.7 Å². The van der Waals surface area contributed by atoms with Crippen molar-refractivity contribution < 1.29 is 9.53 Å². The van der Waals surface area contributed by atoms with Crippen molar-refractivity contribution >= 4 is 5.97 Å². The highest BCUT2D eigenvalue weighted by Crippen LogP contribution is 2.10. The Kier molecular flexibility index (Phi) is 4.70. The third kappa shape index (κ3) is 7.53. The molecule has 0 aliphatic rings. The lowest BCUT2D eigenvalue weighted by Gasteiger charge is -2.22. The van der Waals surface area contributed by atoms with Gasteiger partial charge in [0.05, 0.1) is 0 Å². The first-order valence-corrected chi connectivity index (χ1v) is 4.41. The first-order valence-electron chi connectivity index (χ1n) is 4.41. The van der Waals surface area contributed by atoms with Crippen molar-refractivity contribution in [1.29, 1.82) is 0 Å². The van der Waals surface area contributed by atoms with Gasteiger partial charge in [0.1, 0.15) is 0 Å². The van der Waals surface area contributed by atoms with Crippen molar-refractivity contribution in [3.05, 3.63) is 12.7 Å². The zero-order valence-electron chi connectivity index (χ0n) is 8.89. The molecule has 0 aliphatic heterocycles. The van der Waals surface area contributed by atoms with Gasteiger partial charge in [0.25, 0.3) is 0 Å². The number of hydrogen-bond donors (Lipinski definition) is 1. The van der Waals surface area contributed by atoms with Crippen LogP contribution in [0.25, 0.3) is 0 Å². The van der Waals surface area contributed by atoms with E-state index >= 15 is 0 Å². The summed E-state index contributed by atoms with van der Waals surface area (Å²) < 4.78 is 4.93. The molecule has 13 heavy (non-hydrogen) atoms. The van der Waals surface area contributed by atoms with E-state index in [1.807, 2.05) is 0 Å². The summed E-state index contributed by atoms with van der Waals surface area (Å²) in [5.41, 5.74) is 0.189. The van der Waals surface area contributed by atoms with E-state index in [-0.39, 0.29) is 11.6 Å². The molecule has 1 atom stereocenters. The van der Waals surface area contributed by atoms with E-state index in [1.54, 1.807) is 6.92 Å². The molecule has 0 aromatic rings. The maximum absolute atomic E-state index is 10.8. The molecular formula is C10H19NO2. The number of hydrogen-bond acceptors (Lipinski definition) is 3. The predicted octanol–water partition coefficient (Wildman–Crippen LogP) is 1.70. The van der Waals surface area contributed by atoms with Crippen molar-refractivity contribution in [2.24, 2.45) is 5.41 Å². The van der Waals surface area contributed by atoms with Crippen molar-refractivity contribution in [2.45, 2.75) is 33.9 Å². The number of ether oxygens (including phenoxy) is 1. The van der Waals surface area contributed by atoms with Crippen LogP contribution in [-0.2, 0) is 9.53 Å². The summed E-state index contributed by atoms with van der Waals surface area (Å²) in [4.78, 5) is 10.8. The normalized spacial score (nSPS) is 13.5. The second-order valence-electron chi connectivity index (χ2n) is 4.22. The predicted molar refractivity (Wildman–Crippen MR) is 53.2 cm³/mol. The van der Waals surface area contributed by atoms with Crippen molar-refractivity contribution in [1.82, 2.24) is 5.32 Å². The Morgan fingerprint density at radius 1 is 1.62 bits per heavy atom. The molecule has 0 saturated carbocycles. The van der Waals surface area contributed by atoms with Gasteiger partial charge in [-0.2, -0.15) is 0 Å². The third-order valence-corrected chi connectivity index (χ3v) is 1.38. The Hall–Kier alpha value is -0.830. The van der Waals surface area contributed by atoms with Crippen LogP contribution < -0.4 is 5.32 Å². The number of carbonyl (C=O) groups is 1. The molecule has 1 unspecified atom stereocenters. The van der Waals surface area contributed by atoms with E-state index in [0.717, 1.165) is 12.6 Å². The van der Waals surface area contributed by atoms with Crippen molar-refractivity contribution in [2.75, 3.05) is 6.54 Å². The number of esters is 1. The fourth-order valence-corrected chi connectivity index (χ4v) is 0.714. The van der Waals surface area contributed by atoms with Gasteiger partial charge in [-0.15, -0.1) is 0 Å². The fourth-order valence-electron chi connectivity index (χ4n) is 0.714. The molecule has 3 heteroatoms. The summed E-state index contributed by atoms with van der Waals surface area (Å²) in [5.74, 6) is -0.395. The SMILES string of the molecule is C=CC(=O)OC(C)NCC(C)(C)C. The molecule has 0 amide bonds. The van der Waals surface area contributed by atoms with Gasteiger partial charge in [-0.05, 0) is 12.3 Å². The molecule has 76 valence electrons. The monoisotopic (exact) mass is 185 g/mol. The van der Waals surface area contributed by atoms with Crippen LogP contribution in [0.5, 0.6) is 0 Å². The largest absolute Gasteiger partial charge is 0.444 e. The molecule has 3 nitrogen and oxygen atoms in total. The molecule has 0 fully saturated rings. The van der Waals surface area contributed by atoms with Gasteiger partial charge in [-0.25, -0.2) is 4.79 Å². The maximum atomic E-state index is 10.8. The minimum atomic E-state index is -0.395. The average Bonchev–Trinajstić information content (AvgIpc) is 1.99. The van der Waals surface area contributed by atoms with Gasteiger partial charge in [0.15, 0.2) is 6.23 Å². The van der Waals surface area contributed by atoms with Crippen LogP contribution in [0, 0.1) is 5.41 Å². The number of carbonyl (C=O) groups excluding carboxylic acids is 1. The summed E-state index contributed by atoms with van der Waals surface area (Å²) in [6.07, 6.45) is 0.902. The van der Waals surface area contributed by atoms with Crippen LogP contribution in [0.1, 0.15) is 27.7 Å². The summed E-state index contributed by atoms with van der Waals surface area (Å²) in [7, 11) is 0. The first-order chi connectivity index (χ1) is 5.85. The van der Waals surface area contributed by atoms with Gasteiger partial charge in [-0.1, -0.05) is 27.4 Å². The number of rotatable bonds is 4. The molecule has 1 N–H and O–H groups in total. The van der Waals surface area contributed by atoms with Gasteiger partial charge in [0, 0.05) is 12.6 Å². The summed E-state index contributed by atoms with van der Waals surface area (Å²) in [6.45, 7) is 12.3. The van der Waals surface area contributed by atoms with E-state index < -0.39 is 5.97 Å².